The van der Waals surface area contributed by atoms with Crippen molar-refractivity contribution in [2.24, 2.45) is 23.7 Å². The maximum Gasteiger partial charge on any atom is 0.0588 e. The van der Waals surface area contributed by atoms with Gasteiger partial charge in [-0.3, -0.25) is 0 Å². The van der Waals surface area contributed by atoms with Crippen molar-refractivity contribution in [3.63, 3.8) is 0 Å². The van der Waals surface area contributed by atoms with Gasteiger partial charge in [0.1, 0.15) is 0 Å². The minimum absolute atomic E-state index is 0.572. The summed E-state index contributed by atoms with van der Waals surface area (Å²) >= 11 is 0. The van der Waals surface area contributed by atoms with Crippen molar-refractivity contribution in [3.8, 4) is 0 Å². The molecule has 1 saturated heterocycles. The molecule has 2 nitrogen and oxygen atoms in total. The second-order valence-corrected chi connectivity index (χ2v) is 6.39. The minimum Gasteiger partial charge on any atom is -0.378 e. The Morgan fingerprint density at radius 1 is 1.06 bits per heavy atom. The molecule has 0 aromatic carbocycles. The molecule has 3 aliphatic carbocycles. The predicted octanol–water partition coefficient (Wildman–Crippen LogP) is 2.19. The molecular weight excluding hydrogens is 198 g/mol. The molecule has 0 spiro atoms. The summed E-state index contributed by atoms with van der Waals surface area (Å²) in [5.74, 6) is 4.39. The van der Waals surface area contributed by atoms with Crippen molar-refractivity contribution >= 4 is 0 Å². The minimum atomic E-state index is 0.572. The molecule has 4 fully saturated rings. The molecular formula is C14H23NO. The Labute approximate surface area is 98.1 Å². The zero-order valence-corrected chi connectivity index (χ0v) is 10.0. The predicted molar refractivity (Wildman–Crippen MR) is 63.2 cm³/mol. The average molecular weight is 221 g/mol. The molecule has 0 radical (unpaired) electrons. The van der Waals surface area contributed by atoms with Gasteiger partial charge >= 0.3 is 0 Å². The van der Waals surface area contributed by atoms with E-state index in [4.69, 9.17) is 4.74 Å². The van der Waals surface area contributed by atoms with Crippen molar-refractivity contribution in [3.05, 3.63) is 0 Å². The van der Waals surface area contributed by atoms with Crippen LogP contribution in [0.25, 0.3) is 0 Å². The summed E-state index contributed by atoms with van der Waals surface area (Å²) in [7, 11) is 0. The highest BCUT2D eigenvalue weighted by Gasteiger charge is 2.64. The van der Waals surface area contributed by atoms with Crippen LogP contribution >= 0.6 is 0 Å². The molecule has 5 unspecified atom stereocenters. The van der Waals surface area contributed by atoms with E-state index >= 15 is 0 Å². The van der Waals surface area contributed by atoms with Crippen molar-refractivity contribution in [2.75, 3.05) is 13.2 Å². The second kappa shape index (κ2) is 3.71. The van der Waals surface area contributed by atoms with E-state index in [1.54, 1.807) is 6.42 Å². The van der Waals surface area contributed by atoms with Gasteiger partial charge in [-0.15, -0.1) is 0 Å². The van der Waals surface area contributed by atoms with Gasteiger partial charge in [-0.2, -0.15) is 0 Å². The maximum atomic E-state index is 5.66. The zero-order valence-electron chi connectivity index (χ0n) is 10.0. The Hall–Kier alpha value is -0.0800. The van der Waals surface area contributed by atoms with Crippen molar-refractivity contribution in [1.82, 2.24) is 5.32 Å². The third-order valence-corrected chi connectivity index (χ3v) is 5.61. The largest absolute Gasteiger partial charge is 0.378 e. The van der Waals surface area contributed by atoms with Crippen LogP contribution in [0, 0.1) is 23.7 Å². The summed E-state index contributed by atoms with van der Waals surface area (Å²) in [6, 6.07) is 0.910. The number of rotatable bonds is 4. The number of nitrogens with one attached hydrogen (secondary N) is 1. The monoisotopic (exact) mass is 221 g/mol. The Balaban J connectivity index is 1.22. The van der Waals surface area contributed by atoms with Gasteiger partial charge in [-0.25, -0.2) is 0 Å². The summed E-state index contributed by atoms with van der Waals surface area (Å²) < 4.78 is 5.66. The van der Waals surface area contributed by atoms with E-state index in [0.717, 1.165) is 36.3 Å². The molecule has 2 bridgehead atoms. The SMILES string of the molecule is C1COC(CCNC2C3C4CCC(C4)C23)C1. The molecule has 90 valence electrons. The van der Waals surface area contributed by atoms with E-state index in [-0.39, 0.29) is 0 Å². The van der Waals surface area contributed by atoms with E-state index in [1.165, 1.54) is 38.6 Å². The fraction of sp³-hybridized carbons (Fsp3) is 1.00. The third-order valence-electron chi connectivity index (χ3n) is 5.61. The van der Waals surface area contributed by atoms with Crippen LogP contribution in [-0.2, 0) is 4.74 Å². The molecule has 3 saturated carbocycles. The number of hydrogen-bond acceptors (Lipinski definition) is 2. The lowest BCUT2D eigenvalue weighted by Crippen LogP contribution is -2.26. The average Bonchev–Trinajstić information content (AvgIpc) is 2.77. The van der Waals surface area contributed by atoms with E-state index in [2.05, 4.69) is 5.32 Å². The fourth-order valence-corrected chi connectivity index (χ4v) is 4.88. The molecule has 0 aromatic rings. The van der Waals surface area contributed by atoms with Gasteiger partial charge in [0, 0.05) is 12.6 Å². The van der Waals surface area contributed by atoms with Crippen molar-refractivity contribution in [2.45, 2.75) is 50.7 Å². The molecule has 0 amide bonds. The van der Waals surface area contributed by atoms with E-state index in [9.17, 15) is 0 Å². The van der Waals surface area contributed by atoms with Gasteiger partial charge < -0.3 is 10.1 Å². The summed E-state index contributed by atoms with van der Waals surface area (Å²) in [6.07, 6.45) is 9.03. The first-order valence-electron chi connectivity index (χ1n) is 7.28. The highest BCUT2D eigenvalue weighted by atomic mass is 16.5. The Morgan fingerprint density at radius 2 is 1.88 bits per heavy atom. The number of ether oxygens (including phenoxy) is 1. The van der Waals surface area contributed by atoms with Crippen LogP contribution in [0.2, 0.25) is 0 Å². The molecule has 1 N–H and O–H groups in total. The first kappa shape index (κ1) is 9.90. The Kier molecular flexibility index (Phi) is 2.29. The Morgan fingerprint density at radius 3 is 2.56 bits per heavy atom. The van der Waals surface area contributed by atoms with Crippen molar-refractivity contribution < 1.29 is 4.74 Å². The summed E-state index contributed by atoms with van der Waals surface area (Å²) in [6.45, 7) is 2.20. The molecule has 4 rings (SSSR count). The number of hydrogen-bond donors (Lipinski definition) is 1. The highest BCUT2D eigenvalue weighted by Crippen LogP contribution is 2.65. The lowest BCUT2D eigenvalue weighted by molar-refractivity contribution is 0.104. The van der Waals surface area contributed by atoms with Crippen LogP contribution in [0.15, 0.2) is 0 Å². The van der Waals surface area contributed by atoms with Crippen LogP contribution in [0.3, 0.4) is 0 Å². The van der Waals surface area contributed by atoms with Gasteiger partial charge in [-0.1, -0.05) is 0 Å². The molecule has 1 heterocycles. The maximum absolute atomic E-state index is 5.66. The normalized spacial score (nSPS) is 53.2. The van der Waals surface area contributed by atoms with Crippen LogP contribution in [0.4, 0.5) is 0 Å². The van der Waals surface area contributed by atoms with Gasteiger partial charge in [0.2, 0.25) is 0 Å². The second-order valence-electron chi connectivity index (χ2n) is 6.39. The molecule has 0 aromatic heterocycles. The summed E-state index contributed by atoms with van der Waals surface area (Å²) in [5.41, 5.74) is 0. The molecule has 5 atom stereocenters. The van der Waals surface area contributed by atoms with E-state index < -0.39 is 0 Å². The van der Waals surface area contributed by atoms with Crippen LogP contribution in [0.5, 0.6) is 0 Å². The summed E-state index contributed by atoms with van der Waals surface area (Å²) in [4.78, 5) is 0. The van der Waals surface area contributed by atoms with Gasteiger partial charge in [0.15, 0.2) is 0 Å². The lowest BCUT2D eigenvalue weighted by Gasteiger charge is -2.12. The van der Waals surface area contributed by atoms with Gasteiger partial charge in [-0.05, 0) is 68.7 Å². The lowest BCUT2D eigenvalue weighted by atomic mass is 10.0. The smallest absolute Gasteiger partial charge is 0.0588 e. The number of fused-ring (bicyclic) bond motifs is 5. The first-order chi connectivity index (χ1) is 7.93. The Bertz CT molecular complexity index is 258. The molecule has 1 aliphatic heterocycles. The topological polar surface area (TPSA) is 21.3 Å². The van der Waals surface area contributed by atoms with Gasteiger partial charge in [0.25, 0.3) is 0 Å². The van der Waals surface area contributed by atoms with Crippen LogP contribution in [-0.4, -0.2) is 25.3 Å². The van der Waals surface area contributed by atoms with E-state index in [0.29, 0.717) is 6.10 Å². The van der Waals surface area contributed by atoms with Crippen LogP contribution in [0.1, 0.15) is 38.5 Å². The van der Waals surface area contributed by atoms with Crippen LogP contribution < -0.4 is 5.32 Å². The first-order valence-corrected chi connectivity index (χ1v) is 7.28. The fourth-order valence-electron chi connectivity index (χ4n) is 4.88. The zero-order chi connectivity index (χ0) is 10.5. The molecule has 2 heteroatoms. The standard InChI is InChI=1S/C14H23NO/c1-2-11(16-7-1)5-6-15-14-12-9-3-4-10(8-9)13(12)14/h9-15H,1-8H2. The van der Waals surface area contributed by atoms with Crippen molar-refractivity contribution in [1.29, 1.82) is 0 Å². The molecule has 16 heavy (non-hydrogen) atoms. The third kappa shape index (κ3) is 1.46. The highest BCUT2D eigenvalue weighted by molar-refractivity contribution is 5.16. The van der Waals surface area contributed by atoms with Gasteiger partial charge in [0.05, 0.1) is 6.10 Å². The molecule has 4 aliphatic rings. The summed E-state index contributed by atoms with van der Waals surface area (Å²) in [5, 5.41) is 3.81. The quantitative estimate of drug-likeness (QED) is 0.785. The van der Waals surface area contributed by atoms with E-state index in [1.807, 2.05) is 0 Å².